The second-order valence-electron chi connectivity index (χ2n) is 5.28. The van der Waals surface area contributed by atoms with Crippen molar-refractivity contribution >= 4 is 11.9 Å². The highest BCUT2D eigenvalue weighted by Gasteiger charge is 2.21. The van der Waals surface area contributed by atoms with Gasteiger partial charge in [-0.2, -0.15) is 0 Å². The van der Waals surface area contributed by atoms with Crippen molar-refractivity contribution in [2.75, 3.05) is 33.9 Å². The van der Waals surface area contributed by atoms with E-state index in [2.05, 4.69) is 0 Å². The van der Waals surface area contributed by atoms with Crippen molar-refractivity contribution in [1.29, 1.82) is 0 Å². The van der Waals surface area contributed by atoms with Gasteiger partial charge in [0.15, 0.2) is 0 Å². The second kappa shape index (κ2) is 9.84. The number of benzene rings is 1. The number of carbonyl (C=O) groups is 2. The number of hydrogen-bond acceptors (Lipinski definition) is 4. The molecule has 1 rings (SSSR count). The molecule has 1 amide bonds. The second-order valence-corrected chi connectivity index (χ2v) is 5.28. The molecule has 1 unspecified atom stereocenters. The van der Waals surface area contributed by atoms with Gasteiger partial charge in [0.05, 0.1) is 13.7 Å². The van der Waals surface area contributed by atoms with E-state index in [1.807, 2.05) is 31.2 Å². The molecule has 0 heterocycles. The molecular formula is C17H25NO5. The highest BCUT2D eigenvalue weighted by atomic mass is 16.5. The van der Waals surface area contributed by atoms with Gasteiger partial charge in [-0.25, -0.2) is 0 Å². The maximum atomic E-state index is 12.4. The Morgan fingerprint density at radius 3 is 2.35 bits per heavy atom. The molecule has 1 N–H and O–H groups in total. The molecule has 0 aromatic heterocycles. The Morgan fingerprint density at radius 2 is 1.87 bits per heavy atom. The average Bonchev–Trinajstić information content (AvgIpc) is 2.56. The first-order chi connectivity index (χ1) is 11.0. The number of carboxylic acids is 1. The molecule has 128 valence electrons. The summed E-state index contributed by atoms with van der Waals surface area (Å²) in [4.78, 5) is 24.7. The van der Waals surface area contributed by atoms with Crippen LogP contribution in [0.1, 0.15) is 31.2 Å². The van der Waals surface area contributed by atoms with Crippen molar-refractivity contribution in [3.05, 3.63) is 29.8 Å². The van der Waals surface area contributed by atoms with Crippen molar-refractivity contribution in [2.24, 2.45) is 0 Å². The molecule has 0 spiro atoms. The van der Waals surface area contributed by atoms with Crippen molar-refractivity contribution in [1.82, 2.24) is 4.90 Å². The van der Waals surface area contributed by atoms with Crippen LogP contribution in [0.3, 0.4) is 0 Å². The molecule has 0 bridgehead atoms. The van der Waals surface area contributed by atoms with Crippen LogP contribution in [0, 0.1) is 0 Å². The summed E-state index contributed by atoms with van der Waals surface area (Å²) < 4.78 is 10.1. The fraction of sp³-hybridized carbons (Fsp3) is 0.529. The number of carboxylic acid groups (broad SMARTS) is 1. The van der Waals surface area contributed by atoms with Gasteiger partial charge in [-0.05, 0) is 30.0 Å². The lowest BCUT2D eigenvalue weighted by atomic mass is 9.92. The van der Waals surface area contributed by atoms with Crippen molar-refractivity contribution in [3.8, 4) is 5.75 Å². The van der Waals surface area contributed by atoms with Crippen LogP contribution in [0.15, 0.2) is 24.3 Å². The number of carbonyl (C=O) groups excluding carboxylic acids is 1. The summed E-state index contributed by atoms with van der Waals surface area (Å²) in [5, 5.41) is 8.95. The van der Waals surface area contributed by atoms with Crippen LogP contribution < -0.4 is 4.74 Å². The molecule has 1 aromatic carbocycles. The van der Waals surface area contributed by atoms with E-state index in [4.69, 9.17) is 14.6 Å². The zero-order valence-electron chi connectivity index (χ0n) is 13.9. The Balaban J connectivity index is 2.76. The number of ether oxygens (including phenoxy) is 2. The lowest BCUT2D eigenvalue weighted by Crippen LogP contribution is -2.38. The van der Waals surface area contributed by atoms with E-state index in [0.29, 0.717) is 6.61 Å². The summed E-state index contributed by atoms with van der Waals surface area (Å²) in [7, 11) is 3.13. The van der Waals surface area contributed by atoms with Crippen LogP contribution in [0.2, 0.25) is 0 Å². The average molecular weight is 323 g/mol. The number of hydrogen-bond donors (Lipinski definition) is 1. The van der Waals surface area contributed by atoms with Gasteiger partial charge in [0.25, 0.3) is 0 Å². The topological polar surface area (TPSA) is 76.1 Å². The smallest absolute Gasteiger partial charge is 0.323 e. The third-order valence-electron chi connectivity index (χ3n) is 3.75. The molecule has 23 heavy (non-hydrogen) atoms. The zero-order chi connectivity index (χ0) is 17.2. The van der Waals surface area contributed by atoms with Gasteiger partial charge in [0.2, 0.25) is 5.91 Å². The van der Waals surface area contributed by atoms with Crippen LogP contribution in [-0.4, -0.2) is 55.8 Å². The summed E-state index contributed by atoms with van der Waals surface area (Å²) in [6.07, 6.45) is 1.07. The Kier molecular flexibility index (Phi) is 8.11. The highest BCUT2D eigenvalue weighted by molar-refractivity contribution is 5.82. The molecule has 0 saturated heterocycles. The van der Waals surface area contributed by atoms with Crippen LogP contribution in [-0.2, 0) is 14.3 Å². The summed E-state index contributed by atoms with van der Waals surface area (Å²) in [6, 6.07) is 7.61. The third-order valence-corrected chi connectivity index (χ3v) is 3.75. The standard InChI is InChI=1S/C17H25NO5/c1-4-13(14-5-7-15(23-3)8-6-14)11-16(19)18(9-10-22-2)12-17(20)21/h5-8,13H,4,9-12H2,1-3H3,(H,20,21). The molecule has 1 atom stereocenters. The van der Waals surface area contributed by atoms with Crippen LogP contribution in [0.4, 0.5) is 0 Å². The first-order valence-electron chi connectivity index (χ1n) is 7.64. The summed E-state index contributed by atoms with van der Waals surface area (Å²) >= 11 is 0. The predicted octanol–water partition coefficient (Wildman–Crippen LogP) is 2.14. The van der Waals surface area contributed by atoms with Gasteiger partial charge in [-0.3, -0.25) is 9.59 Å². The largest absolute Gasteiger partial charge is 0.497 e. The van der Waals surface area contributed by atoms with Crippen molar-refractivity contribution in [3.63, 3.8) is 0 Å². The molecular weight excluding hydrogens is 298 g/mol. The van der Waals surface area contributed by atoms with Crippen molar-refractivity contribution in [2.45, 2.75) is 25.7 Å². The summed E-state index contributed by atoms with van der Waals surface area (Å²) in [6.45, 7) is 2.30. The molecule has 0 aliphatic rings. The monoisotopic (exact) mass is 323 g/mol. The molecule has 6 nitrogen and oxygen atoms in total. The van der Waals surface area contributed by atoms with Crippen LogP contribution >= 0.6 is 0 Å². The first-order valence-corrected chi connectivity index (χ1v) is 7.64. The Hall–Kier alpha value is -2.08. The summed E-state index contributed by atoms with van der Waals surface area (Å²) in [5.74, 6) is -0.381. The Labute approximate surface area is 137 Å². The third kappa shape index (κ3) is 6.28. The molecule has 0 saturated carbocycles. The van der Waals surface area contributed by atoms with E-state index in [9.17, 15) is 9.59 Å². The maximum absolute atomic E-state index is 12.4. The number of rotatable bonds is 10. The van der Waals surface area contributed by atoms with Crippen LogP contribution in [0.5, 0.6) is 5.75 Å². The Morgan fingerprint density at radius 1 is 1.22 bits per heavy atom. The van der Waals surface area contributed by atoms with E-state index in [1.54, 1.807) is 7.11 Å². The molecule has 0 aliphatic heterocycles. The number of amides is 1. The van der Waals surface area contributed by atoms with Gasteiger partial charge < -0.3 is 19.5 Å². The highest BCUT2D eigenvalue weighted by Crippen LogP contribution is 2.26. The molecule has 1 aromatic rings. The first kappa shape index (κ1) is 19.0. The molecule has 6 heteroatoms. The van der Waals surface area contributed by atoms with Gasteiger partial charge in [0.1, 0.15) is 12.3 Å². The van der Waals surface area contributed by atoms with E-state index in [1.165, 1.54) is 12.0 Å². The summed E-state index contributed by atoms with van der Waals surface area (Å²) in [5.41, 5.74) is 1.05. The maximum Gasteiger partial charge on any atom is 0.323 e. The van der Waals surface area contributed by atoms with E-state index in [0.717, 1.165) is 17.7 Å². The predicted molar refractivity (Wildman–Crippen MR) is 86.7 cm³/mol. The minimum absolute atomic E-state index is 0.0484. The fourth-order valence-corrected chi connectivity index (χ4v) is 2.37. The molecule has 0 fully saturated rings. The quantitative estimate of drug-likeness (QED) is 0.714. The van der Waals surface area contributed by atoms with Gasteiger partial charge in [0, 0.05) is 20.1 Å². The number of aliphatic carboxylic acids is 1. The minimum Gasteiger partial charge on any atom is -0.497 e. The van der Waals surface area contributed by atoms with E-state index < -0.39 is 5.97 Å². The zero-order valence-corrected chi connectivity index (χ0v) is 13.9. The van der Waals surface area contributed by atoms with Crippen molar-refractivity contribution < 1.29 is 24.2 Å². The van der Waals surface area contributed by atoms with Gasteiger partial charge in [-0.1, -0.05) is 19.1 Å². The minimum atomic E-state index is -1.02. The van der Waals surface area contributed by atoms with Gasteiger partial charge >= 0.3 is 5.97 Å². The lowest BCUT2D eigenvalue weighted by molar-refractivity contribution is -0.145. The SMILES string of the molecule is CCC(CC(=O)N(CCOC)CC(=O)O)c1ccc(OC)cc1. The van der Waals surface area contributed by atoms with E-state index in [-0.39, 0.29) is 31.3 Å². The van der Waals surface area contributed by atoms with E-state index >= 15 is 0 Å². The van der Waals surface area contributed by atoms with Crippen LogP contribution in [0.25, 0.3) is 0 Å². The molecule has 0 radical (unpaired) electrons. The number of nitrogens with zero attached hydrogens (tertiary/aromatic N) is 1. The molecule has 0 aliphatic carbocycles. The Bertz CT molecular complexity index is 500. The number of methoxy groups -OCH3 is 2. The normalized spacial score (nSPS) is 11.8. The fourth-order valence-electron chi connectivity index (χ4n) is 2.37. The van der Waals surface area contributed by atoms with Gasteiger partial charge in [-0.15, -0.1) is 0 Å². The lowest BCUT2D eigenvalue weighted by Gasteiger charge is -2.23.